The van der Waals surface area contributed by atoms with Gasteiger partial charge in [0.1, 0.15) is 11.5 Å². The third-order valence-corrected chi connectivity index (χ3v) is 5.77. The number of aliphatic hydroxyl groups excluding tert-OH is 1. The molecule has 1 aliphatic heterocycles. The number of benzene rings is 2. The summed E-state index contributed by atoms with van der Waals surface area (Å²) in [4.78, 5) is 31.7. The molecule has 1 fully saturated rings. The summed E-state index contributed by atoms with van der Waals surface area (Å²) < 4.78 is 7.54. The van der Waals surface area contributed by atoms with Gasteiger partial charge in [-0.3, -0.25) is 9.59 Å². The molecule has 7 nitrogen and oxygen atoms in total. The molecule has 1 unspecified atom stereocenters. The third kappa shape index (κ3) is 4.78. The van der Waals surface area contributed by atoms with Gasteiger partial charge >= 0.3 is 0 Å². The van der Waals surface area contributed by atoms with Gasteiger partial charge in [-0.15, -0.1) is 0 Å². The van der Waals surface area contributed by atoms with Crippen LogP contribution in [0.3, 0.4) is 0 Å². The first-order chi connectivity index (χ1) is 16.0. The highest BCUT2D eigenvalue weighted by Gasteiger charge is 2.45. The Hall–Kier alpha value is -3.58. The molecule has 8 heteroatoms. The number of nitrogens with zero attached hydrogens (tertiary/aromatic N) is 3. The molecule has 1 atom stereocenters. The molecule has 0 bridgehead atoms. The quantitative estimate of drug-likeness (QED) is 0.302. The second-order valence-electron chi connectivity index (χ2n) is 7.66. The number of Topliss-reactive ketones (excluding diaryl/α,β-unsaturated/α-hetero) is 1. The van der Waals surface area contributed by atoms with Crippen LogP contribution in [0, 0.1) is 0 Å². The van der Waals surface area contributed by atoms with E-state index in [-0.39, 0.29) is 11.3 Å². The van der Waals surface area contributed by atoms with E-state index < -0.39 is 17.7 Å². The van der Waals surface area contributed by atoms with Crippen molar-refractivity contribution in [1.29, 1.82) is 0 Å². The number of rotatable bonds is 8. The smallest absolute Gasteiger partial charge is 0.295 e. The van der Waals surface area contributed by atoms with Crippen molar-refractivity contribution in [3.05, 3.63) is 89.0 Å². The molecule has 1 saturated heterocycles. The number of carbonyl (C=O) groups excluding carboxylic acids is 2. The number of hydrogen-bond acceptors (Lipinski definition) is 5. The molecule has 170 valence electrons. The number of ether oxygens (including phenoxy) is 1. The van der Waals surface area contributed by atoms with Gasteiger partial charge in [0.25, 0.3) is 11.7 Å². The zero-order chi connectivity index (χ0) is 23.4. The fraction of sp³-hybridized carbons (Fsp3) is 0.240. The van der Waals surface area contributed by atoms with Crippen molar-refractivity contribution in [1.82, 2.24) is 14.5 Å². The zero-order valence-electron chi connectivity index (χ0n) is 18.1. The number of imidazole rings is 1. The second-order valence-corrected chi connectivity index (χ2v) is 8.10. The summed E-state index contributed by atoms with van der Waals surface area (Å²) in [6.07, 6.45) is 5.86. The molecule has 1 aliphatic rings. The van der Waals surface area contributed by atoms with Gasteiger partial charge in [-0.1, -0.05) is 23.7 Å². The lowest BCUT2D eigenvalue weighted by Crippen LogP contribution is -2.31. The van der Waals surface area contributed by atoms with Crippen LogP contribution < -0.4 is 4.74 Å². The van der Waals surface area contributed by atoms with Crippen molar-refractivity contribution >= 4 is 29.1 Å². The van der Waals surface area contributed by atoms with E-state index in [9.17, 15) is 14.7 Å². The summed E-state index contributed by atoms with van der Waals surface area (Å²) in [5.74, 6) is -0.945. The number of aromatic nitrogens is 2. The lowest BCUT2D eigenvalue weighted by molar-refractivity contribution is -0.139. The summed E-state index contributed by atoms with van der Waals surface area (Å²) in [5.41, 5.74) is 1.17. The summed E-state index contributed by atoms with van der Waals surface area (Å²) in [7, 11) is 0. The van der Waals surface area contributed by atoms with E-state index in [0.717, 1.165) is 0 Å². The minimum Gasteiger partial charge on any atom is -0.507 e. The molecule has 2 heterocycles. The van der Waals surface area contributed by atoms with Crippen molar-refractivity contribution in [3.63, 3.8) is 0 Å². The minimum absolute atomic E-state index is 0.0543. The van der Waals surface area contributed by atoms with Gasteiger partial charge < -0.3 is 19.3 Å². The first kappa shape index (κ1) is 22.6. The van der Waals surface area contributed by atoms with E-state index in [1.54, 1.807) is 42.9 Å². The Morgan fingerprint density at radius 2 is 1.94 bits per heavy atom. The highest BCUT2D eigenvalue weighted by molar-refractivity contribution is 6.46. The summed E-state index contributed by atoms with van der Waals surface area (Å²) in [6, 6.07) is 13.0. The van der Waals surface area contributed by atoms with Gasteiger partial charge in [0.05, 0.1) is 24.5 Å². The molecule has 0 aliphatic carbocycles. The highest BCUT2D eigenvalue weighted by Crippen LogP contribution is 2.40. The lowest BCUT2D eigenvalue weighted by Gasteiger charge is -2.25. The number of aryl methyl sites for hydroxylation is 1. The van der Waals surface area contributed by atoms with Crippen LogP contribution in [0.2, 0.25) is 5.02 Å². The average molecular weight is 466 g/mol. The lowest BCUT2D eigenvalue weighted by atomic mass is 9.95. The molecule has 33 heavy (non-hydrogen) atoms. The van der Waals surface area contributed by atoms with Crippen LogP contribution in [0.1, 0.15) is 30.5 Å². The Morgan fingerprint density at radius 3 is 2.64 bits per heavy atom. The number of halogens is 1. The number of aliphatic hydroxyl groups is 1. The molecule has 1 aromatic heterocycles. The van der Waals surface area contributed by atoms with E-state index in [4.69, 9.17) is 16.3 Å². The van der Waals surface area contributed by atoms with E-state index in [1.165, 1.54) is 4.90 Å². The van der Waals surface area contributed by atoms with Crippen molar-refractivity contribution in [2.75, 3.05) is 13.2 Å². The molecular weight excluding hydrogens is 442 g/mol. The van der Waals surface area contributed by atoms with Gasteiger partial charge in [-0.05, 0) is 55.3 Å². The maximum Gasteiger partial charge on any atom is 0.295 e. The van der Waals surface area contributed by atoms with Crippen LogP contribution in [-0.2, 0) is 16.1 Å². The predicted molar refractivity (Wildman–Crippen MR) is 125 cm³/mol. The maximum atomic E-state index is 13.1. The highest BCUT2D eigenvalue weighted by atomic mass is 35.5. The fourth-order valence-corrected chi connectivity index (χ4v) is 4.13. The number of carbonyl (C=O) groups is 2. The first-order valence-corrected chi connectivity index (χ1v) is 11.1. The Morgan fingerprint density at radius 1 is 1.15 bits per heavy atom. The van der Waals surface area contributed by atoms with E-state index in [2.05, 4.69) is 4.98 Å². The summed E-state index contributed by atoms with van der Waals surface area (Å²) in [6.45, 7) is 3.35. The molecule has 1 amide bonds. The van der Waals surface area contributed by atoms with Crippen LogP contribution in [0.5, 0.6) is 5.75 Å². The van der Waals surface area contributed by atoms with Crippen LogP contribution in [0.25, 0.3) is 5.76 Å². The predicted octanol–water partition coefficient (Wildman–Crippen LogP) is 4.45. The van der Waals surface area contributed by atoms with E-state index in [1.807, 2.05) is 35.9 Å². The van der Waals surface area contributed by atoms with Crippen molar-refractivity contribution < 1.29 is 19.4 Å². The van der Waals surface area contributed by atoms with Crippen LogP contribution in [0.15, 0.2) is 72.8 Å². The third-order valence-electron chi connectivity index (χ3n) is 5.52. The molecule has 0 radical (unpaired) electrons. The van der Waals surface area contributed by atoms with Crippen LogP contribution >= 0.6 is 11.6 Å². The molecule has 3 aromatic rings. The largest absolute Gasteiger partial charge is 0.507 e. The fourth-order valence-electron chi connectivity index (χ4n) is 4.00. The molecule has 0 saturated carbocycles. The number of amides is 1. The summed E-state index contributed by atoms with van der Waals surface area (Å²) >= 11 is 5.97. The topological polar surface area (TPSA) is 84.7 Å². The molecular formula is C25H24ClN3O4. The average Bonchev–Trinajstić information content (AvgIpc) is 3.42. The summed E-state index contributed by atoms with van der Waals surface area (Å²) in [5, 5.41) is 11.6. The molecule has 0 spiro atoms. The number of ketones is 1. The Balaban J connectivity index is 1.74. The maximum absolute atomic E-state index is 13.1. The standard InChI is InChI=1S/C25H24ClN3O4/c1-2-33-20-6-3-5-18(15-20)22-21(23(30)17-7-9-19(26)10-8-17)24(31)25(32)29(22)13-4-12-28-14-11-27-16-28/h3,5-11,14-16,22,30H,2,4,12-13H2,1H3/b23-21+. The monoisotopic (exact) mass is 465 g/mol. The van der Waals surface area contributed by atoms with Crippen molar-refractivity contribution in [2.24, 2.45) is 0 Å². The van der Waals surface area contributed by atoms with E-state index in [0.29, 0.717) is 48.0 Å². The van der Waals surface area contributed by atoms with Crippen LogP contribution in [-0.4, -0.2) is 44.4 Å². The van der Waals surface area contributed by atoms with Gasteiger partial charge in [-0.25, -0.2) is 4.98 Å². The van der Waals surface area contributed by atoms with Crippen molar-refractivity contribution in [2.45, 2.75) is 25.9 Å². The van der Waals surface area contributed by atoms with Gasteiger partial charge in [-0.2, -0.15) is 0 Å². The van der Waals surface area contributed by atoms with E-state index >= 15 is 0 Å². The van der Waals surface area contributed by atoms with Gasteiger partial charge in [0.15, 0.2) is 0 Å². The Kier molecular flexibility index (Phi) is 6.79. The normalized spacial score (nSPS) is 17.5. The van der Waals surface area contributed by atoms with Gasteiger partial charge in [0.2, 0.25) is 0 Å². The van der Waals surface area contributed by atoms with Crippen LogP contribution in [0.4, 0.5) is 0 Å². The second kappa shape index (κ2) is 9.92. The molecule has 2 aromatic carbocycles. The SMILES string of the molecule is CCOc1cccc(C2/C(=C(\O)c3ccc(Cl)cc3)C(=O)C(=O)N2CCCn2ccnc2)c1. The zero-order valence-corrected chi connectivity index (χ0v) is 18.9. The molecule has 1 N–H and O–H groups in total. The first-order valence-electron chi connectivity index (χ1n) is 10.7. The minimum atomic E-state index is -0.733. The Bertz CT molecular complexity index is 1170. The number of hydrogen-bond donors (Lipinski definition) is 1. The van der Waals surface area contributed by atoms with Crippen molar-refractivity contribution in [3.8, 4) is 5.75 Å². The Labute approximate surface area is 196 Å². The van der Waals surface area contributed by atoms with Gasteiger partial charge in [0, 0.05) is 36.1 Å². The molecule has 4 rings (SSSR count). The number of likely N-dealkylation sites (tertiary alicyclic amines) is 1.